The van der Waals surface area contributed by atoms with Crippen LogP contribution in [-0.4, -0.2) is 11.5 Å². The van der Waals surface area contributed by atoms with Gasteiger partial charge in [0.25, 0.3) is 0 Å². The van der Waals surface area contributed by atoms with E-state index in [0.717, 1.165) is 34.7 Å². The molecule has 21 heavy (non-hydrogen) atoms. The Balaban J connectivity index is 2.22. The van der Waals surface area contributed by atoms with Crippen molar-refractivity contribution in [3.8, 4) is 0 Å². The number of rotatable bonds is 5. The first-order valence-electron chi connectivity index (χ1n) is 6.96. The van der Waals surface area contributed by atoms with E-state index in [1.54, 1.807) is 0 Å². The zero-order chi connectivity index (χ0) is 15.6. The Morgan fingerprint density at radius 3 is 2.57 bits per heavy atom. The third-order valence-corrected chi connectivity index (χ3v) is 4.42. The van der Waals surface area contributed by atoms with E-state index in [-0.39, 0.29) is 0 Å². The van der Waals surface area contributed by atoms with Crippen molar-refractivity contribution in [1.29, 1.82) is 0 Å². The Bertz CT molecular complexity index is 604. The second-order valence-electron chi connectivity index (χ2n) is 5.72. The SMILES string of the molecule is CC(C)CC(CN)Cc1nc2cc(C(F)(F)F)ccc2s1. The fourth-order valence-corrected chi connectivity index (χ4v) is 3.48. The molecule has 1 atom stereocenters. The zero-order valence-electron chi connectivity index (χ0n) is 12.1. The third-order valence-electron chi connectivity index (χ3n) is 3.36. The van der Waals surface area contributed by atoms with Crippen molar-refractivity contribution in [3.63, 3.8) is 0 Å². The first-order valence-corrected chi connectivity index (χ1v) is 7.78. The molecule has 0 aliphatic rings. The Kier molecular flexibility index (Phi) is 4.88. The average Bonchev–Trinajstić information content (AvgIpc) is 2.77. The maximum absolute atomic E-state index is 12.7. The Labute approximate surface area is 126 Å². The second-order valence-corrected chi connectivity index (χ2v) is 6.84. The van der Waals surface area contributed by atoms with Crippen LogP contribution in [0.4, 0.5) is 13.2 Å². The molecule has 6 heteroatoms. The summed E-state index contributed by atoms with van der Waals surface area (Å²) < 4.78 is 38.9. The van der Waals surface area contributed by atoms with Gasteiger partial charge in [0, 0.05) is 6.42 Å². The summed E-state index contributed by atoms with van der Waals surface area (Å²) in [4.78, 5) is 4.34. The fourth-order valence-electron chi connectivity index (χ4n) is 2.42. The highest BCUT2D eigenvalue weighted by atomic mass is 32.1. The number of thiazole rings is 1. The maximum Gasteiger partial charge on any atom is 0.416 e. The molecule has 2 nitrogen and oxygen atoms in total. The number of hydrogen-bond acceptors (Lipinski definition) is 3. The van der Waals surface area contributed by atoms with Gasteiger partial charge in [-0.2, -0.15) is 13.2 Å². The Morgan fingerprint density at radius 1 is 1.29 bits per heavy atom. The lowest BCUT2D eigenvalue weighted by Crippen LogP contribution is -2.18. The van der Waals surface area contributed by atoms with Gasteiger partial charge in [-0.3, -0.25) is 0 Å². The molecule has 1 aromatic heterocycles. The number of nitrogens with zero attached hydrogens (tertiary/aromatic N) is 1. The van der Waals surface area contributed by atoms with E-state index >= 15 is 0 Å². The van der Waals surface area contributed by atoms with Crippen molar-refractivity contribution in [2.45, 2.75) is 32.9 Å². The fraction of sp³-hybridized carbons (Fsp3) is 0.533. The molecule has 1 unspecified atom stereocenters. The summed E-state index contributed by atoms with van der Waals surface area (Å²) >= 11 is 1.45. The smallest absolute Gasteiger partial charge is 0.330 e. The lowest BCUT2D eigenvalue weighted by Gasteiger charge is -2.15. The van der Waals surface area contributed by atoms with E-state index in [4.69, 9.17) is 5.73 Å². The van der Waals surface area contributed by atoms with Gasteiger partial charge in [0.1, 0.15) is 0 Å². The Hall–Kier alpha value is -1.14. The molecule has 1 heterocycles. The molecule has 0 aliphatic heterocycles. The summed E-state index contributed by atoms with van der Waals surface area (Å²) in [6.45, 7) is 4.84. The van der Waals surface area contributed by atoms with Gasteiger partial charge in [-0.15, -0.1) is 11.3 Å². The number of halogens is 3. The highest BCUT2D eigenvalue weighted by Gasteiger charge is 2.30. The van der Waals surface area contributed by atoms with Crippen LogP contribution in [-0.2, 0) is 12.6 Å². The quantitative estimate of drug-likeness (QED) is 0.883. The third kappa shape index (κ3) is 4.17. The molecule has 2 rings (SSSR count). The van der Waals surface area contributed by atoms with Crippen molar-refractivity contribution < 1.29 is 13.2 Å². The first-order chi connectivity index (χ1) is 9.79. The average molecular weight is 316 g/mol. The highest BCUT2D eigenvalue weighted by molar-refractivity contribution is 7.18. The van der Waals surface area contributed by atoms with Crippen LogP contribution in [0, 0.1) is 11.8 Å². The minimum atomic E-state index is -4.32. The van der Waals surface area contributed by atoms with Crippen LogP contribution in [0.3, 0.4) is 0 Å². The Morgan fingerprint density at radius 2 is 2.00 bits per heavy atom. The molecule has 0 bridgehead atoms. The van der Waals surface area contributed by atoms with E-state index < -0.39 is 11.7 Å². The van der Waals surface area contributed by atoms with Crippen LogP contribution in [0.2, 0.25) is 0 Å². The van der Waals surface area contributed by atoms with Crippen LogP contribution < -0.4 is 5.73 Å². The van der Waals surface area contributed by atoms with Crippen molar-refractivity contribution in [2.24, 2.45) is 17.6 Å². The molecule has 2 aromatic rings. The lowest BCUT2D eigenvalue weighted by molar-refractivity contribution is -0.137. The minimum Gasteiger partial charge on any atom is -0.330 e. The van der Waals surface area contributed by atoms with Crippen LogP contribution in [0.1, 0.15) is 30.8 Å². The predicted octanol–water partition coefficient (Wildman–Crippen LogP) is 4.48. The standard InChI is InChI=1S/C15H19F3N2S/c1-9(2)5-10(8-19)6-14-20-12-7-11(15(16,17)18)3-4-13(12)21-14/h3-4,7,9-10H,5-6,8,19H2,1-2H3. The largest absolute Gasteiger partial charge is 0.416 e. The van der Waals surface area contributed by atoms with Crippen molar-refractivity contribution in [1.82, 2.24) is 4.98 Å². The molecule has 0 amide bonds. The van der Waals surface area contributed by atoms with Gasteiger partial charge in [-0.05, 0) is 43.0 Å². The summed E-state index contributed by atoms with van der Waals surface area (Å²) in [5, 5.41) is 0.862. The minimum absolute atomic E-state index is 0.327. The van der Waals surface area contributed by atoms with Crippen LogP contribution in [0.25, 0.3) is 10.2 Å². The van der Waals surface area contributed by atoms with Crippen molar-refractivity contribution in [3.05, 3.63) is 28.8 Å². The number of hydrogen-bond donors (Lipinski definition) is 1. The van der Waals surface area contributed by atoms with Crippen LogP contribution in [0.15, 0.2) is 18.2 Å². The molecule has 0 spiro atoms. The van der Waals surface area contributed by atoms with Gasteiger partial charge >= 0.3 is 6.18 Å². The van der Waals surface area contributed by atoms with E-state index in [1.807, 2.05) is 0 Å². The molecule has 2 N–H and O–H groups in total. The van der Waals surface area contributed by atoms with Gasteiger partial charge in [0.15, 0.2) is 0 Å². The summed E-state index contributed by atoms with van der Waals surface area (Å²) in [5.41, 5.74) is 5.55. The molecule has 116 valence electrons. The van der Waals surface area contributed by atoms with Gasteiger partial charge in [-0.1, -0.05) is 13.8 Å². The van der Waals surface area contributed by atoms with E-state index in [2.05, 4.69) is 18.8 Å². The van der Waals surface area contributed by atoms with Gasteiger partial charge in [0.2, 0.25) is 0 Å². The number of benzene rings is 1. The number of aromatic nitrogens is 1. The lowest BCUT2D eigenvalue weighted by atomic mass is 9.94. The second kappa shape index (κ2) is 6.32. The van der Waals surface area contributed by atoms with Gasteiger partial charge in [-0.25, -0.2) is 4.98 Å². The maximum atomic E-state index is 12.7. The molecule has 1 aromatic carbocycles. The molecule has 0 aliphatic carbocycles. The highest BCUT2D eigenvalue weighted by Crippen LogP contribution is 2.33. The van der Waals surface area contributed by atoms with Crippen LogP contribution >= 0.6 is 11.3 Å². The van der Waals surface area contributed by atoms with E-state index in [0.29, 0.717) is 23.9 Å². The molecule has 0 saturated carbocycles. The van der Waals surface area contributed by atoms with Crippen LogP contribution in [0.5, 0.6) is 0 Å². The van der Waals surface area contributed by atoms with Crippen molar-refractivity contribution in [2.75, 3.05) is 6.54 Å². The number of nitrogens with two attached hydrogens (primary N) is 1. The van der Waals surface area contributed by atoms with Gasteiger partial charge < -0.3 is 5.73 Å². The number of alkyl halides is 3. The zero-order valence-corrected chi connectivity index (χ0v) is 12.9. The molecule has 0 fully saturated rings. The van der Waals surface area contributed by atoms with Crippen molar-refractivity contribution >= 4 is 21.6 Å². The first kappa shape index (κ1) is 16.2. The van der Waals surface area contributed by atoms with Gasteiger partial charge in [0.05, 0.1) is 20.8 Å². The monoisotopic (exact) mass is 316 g/mol. The molecular formula is C15H19F3N2S. The molecule has 0 saturated heterocycles. The predicted molar refractivity (Wildman–Crippen MR) is 80.3 cm³/mol. The topological polar surface area (TPSA) is 38.9 Å². The summed E-state index contributed by atoms with van der Waals surface area (Å²) in [6.07, 6.45) is -2.59. The van der Waals surface area contributed by atoms with E-state index in [9.17, 15) is 13.2 Å². The summed E-state index contributed by atoms with van der Waals surface area (Å²) in [6, 6.07) is 3.73. The van der Waals surface area contributed by atoms with E-state index in [1.165, 1.54) is 17.4 Å². The summed E-state index contributed by atoms with van der Waals surface area (Å²) in [5.74, 6) is 0.873. The normalized spacial score (nSPS) is 14.0. The molecular weight excluding hydrogens is 297 g/mol. The molecule has 0 radical (unpaired) electrons. The number of fused-ring (bicyclic) bond motifs is 1. The summed E-state index contributed by atoms with van der Waals surface area (Å²) in [7, 11) is 0.